The fourth-order valence-electron chi connectivity index (χ4n) is 5.08. The van der Waals surface area contributed by atoms with Crippen LogP contribution in [0.25, 0.3) is 21.0 Å². The van der Waals surface area contributed by atoms with Crippen LogP contribution < -0.4 is 15.2 Å². The summed E-state index contributed by atoms with van der Waals surface area (Å²) in [6, 6.07) is 16.1. The van der Waals surface area contributed by atoms with Gasteiger partial charge in [-0.25, -0.2) is 9.59 Å². The Labute approximate surface area is 240 Å². The first kappa shape index (κ1) is 29.8. The largest absolute Gasteiger partial charge is 0.496 e. The number of primary amides is 1. The predicted molar refractivity (Wildman–Crippen MR) is 155 cm³/mol. The highest BCUT2D eigenvalue weighted by Gasteiger charge is 2.29. The summed E-state index contributed by atoms with van der Waals surface area (Å²) in [5.41, 5.74) is 6.50. The van der Waals surface area contributed by atoms with Gasteiger partial charge in [0, 0.05) is 38.5 Å². The molecule has 0 spiro atoms. The third-order valence-electron chi connectivity index (χ3n) is 7.13. The van der Waals surface area contributed by atoms with Crippen LogP contribution in [0.2, 0.25) is 0 Å². The van der Waals surface area contributed by atoms with Crippen LogP contribution in [0.3, 0.4) is 0 Å². The standard InChI is InChI=1S/C27H31N3O4S.C2H2O4/c1-16-11-17(26-13-20-23(33-2)6-4-8-25(20)35-26)9-10-30(16)14-18(31)15-34-24-7-3-5-21-19(24)12-22(29-21)27(28)32;3-1(4)2(5)6/h3-8,12-13,16-18,29,31H,9-11,14-15H2,1-2H3,(H2,28,32);(H,3,4)(H,5,6)/t16-,17+,18+;/m1./s1. The molecule has 0 bridgehead atoms. The van der Waals surface area contributed by atoms with E-state index < -0.39 is 23.9 Å². The molecule has 5 rings (SSSR count). The summed E-state index contributed by atoms with van der Waals surface area (Å²) >= 11 is 1.86. The van der Waals surface area contributed by atoms with Gasteiger partial charge in [0.2, 0.25) is 0 Å². The normalized spacial score (nSPS) is 17.9. The Morgan fingerprint density at radius 3 is 2.46 bits per heavy atom. The summed E-state index contributed by atoms with van der Waals surface area (Å²) in [6.45, 7) is 3.91. The van der Waals surface area contributed by atoms with E-state index in [9.17, 15) is 9.90 Å². The van der Waals surface area contributed by atoms with E-state index in [2.05, 4.69) is 28.9 Å². The second kappa shape index (κ2) is 13.0. The van der Waals surface area contributed by atoms with Crippen LogP contribution in [0.4, 0.5) is 0 Å². The molecule has 1 aliphatic rings. The van der Waals surface area contributed by atoms with E-state index in [1.165, 1.54) is 15.0 Å². The topological polar surface area (TPSA) is 175 Å². The van der Waals surface area contributed by atoms with Crippen molar-refractivity contribution >= 4 is 50.2 Å². The number of piperidine rings is 1. The number of β-amino-alcohol motifs (C(OH)–C–C–N with tert-alkyl or cyclic N) is 1. The number of fused-ring (bicyclic) bond motifs is 2. The van der Waals surface area contributed by atoms with E-state index in [4.69, 9.17) is 35.0 Å². The number of carbonyl (C=O) groups excluding carboxylic acids is 1. The van der Waals surface area contributed by atoms with E-state index in [1.807, 2.05) is 41.7 Å². The number of ether oxygens (including phenoxy) is 2. The summed E-state index contributed by atoms with van der Waals surface area (Å²) in [5, 5.41) is 27.5. The highest BCUT2D eigenvalue weighted by molar-refractivity contribution is 7.19. The van der Waals surface area contributed by atoms with E-state index >= 15 is 0 Å². The van der Waals surface area contributed by atoms with E-state index in [1.54, 1.807) is 13.2 Å². The zero-order valence-corrected chi connectivity index (χ0v) is 23.5. The lowest BCUT2D eigenvalue weighted by atomic mass is 9.90. The number of carbonyl (C=O) groups is 3. The molecule has 41 heavy (non-hydrogen) atoms. The molecule has 3 atom stereocenters. The molecule has 1 aliphatic heterocycles. The molecule has 1 saturated heterocycles. The lowest BCUT2D eigenvalue weighted by molar-refractivity contribution is -0.159. The molecule has 1 fully saturated rings. The molecule has 2 aromatic heterocycles. The van der Waals surface area contributed by atoms with Crippen molar-refractivity contribution in [2.24, 2.45) is 5.73 Å². The van der Waals surface area contributed by atoms with Crippen molar-refractivity contribution in [3.8, 4) is 11.5 Å². The Morgan fingerprint density at radius 1 is 1.10 bits per heavy atom. The van der Waals surface area contributed by atoms with E-state index in [0.717, 1.165) is 36.0 Å². The number of nitrogens with one attached hydrogen (secondary N) is 1. The third kappa shape index (κ3) is 7.15. The van der Waals surface area contributed by atoms with Crippen molar-refractivity contribution in [2.75, 3.05) is 26.8 Å². The number of hydrogen-bond donors (Lipinski definition) is 5. The van der Waals surface area contributed by atoms with Crippen molar-refractivity contribution in [3.05, 3.63) is 59.1 Å². The summed E-state index contributed by atoms with van der Waals surface area (Å²) in [4.78, 5) is 36.4. The summed E-state index contributed by atoms with van der Waals surface area (Å²) < 4.78 is 12.7. The van der Waals surface area contributed by atoms with Crippen molar-refractivity contribution in [3.63, 3.8) is 0 Å². The van der Waals surface area contributed by atoms with Gasteiger partial charge in [-0.3, -0.25) is 9.69 Å². The molecule has 3 heterocycles. The SMILES string of the molecule is COc1cccc2sc([C@H]3CCN(C[C@H](O)COc4cccc5[nH]c(C(N)=O)cc45)[C@H](C)C3)cc12.O=C(O)C(=O)O. The van der Waals surface area contributed by atoms with Gasteiger partial charge in [-0.05, 0) is 68.6 Å². The number of aromatic nitrogens is 1. The molecule has 218 valence electrons. The number of aliphatic hydroxyl groups is 1. The molecule has 11 nitrogen and oxygen atoms in total. The molecular weight excluding hydrogens is 550 g/mol. The number of nitrogens with two attached hydrogens (primary N) is 1. The summed E-state index contributed by atoms with van der Waals surface area (Å²) in [5.74, 6) is -2.09. The van der Waals surface area contributed by atoms with Gasteiger partial charge in [-0.15, -0.1) is 11.3 Å². The smallest absolute Gasteiger partial charge is 0.414 e. The molecule has 1 amide bonds. The van der Waals surface area contributed by atoms with Crippen molar-refractivity contribution in [2.45, 2.75) is 37.8 Å². The van der Waals surface area contributed by atoms with Crippen LogP contribution >= 0.6 is 11.3 Å². The number of benzene rings is 2. The third-order valence-corrected chi connectivity index (χ3v) is 8.39. The molecule has 0 aliphatic carbocycles. The molecule has 2 aromatic carbocycles. The highest BCUT2D eigenvalue weighted by atomic mass is 32.1. The fraction of sp³-hybridized carbons (Fsp3) is 0.345. The van der Waals surface area contributed by atoms with Crippen molar-refractivity contribution < 1.29 is 39.2 Å². The number of rotatable bonds is 8. The highest BCUT2D eigenvalue weighted by Crippen LogP contribution is 2.40. The number of aromatic amines is 1. The first-order valence-electron chi connectivity index (χ1n) is 13.1. The maximum atomic E-state index is 11.5. The van der Waals surface area contributed by atoms with Gasteiger partial charge in [0.25, 0.3) is 5.91 Å². The van der Waals surface area contributed by atoms with E-state index in [-0.39, 0.29) is 6.61 Å². The van der Waals surface area contributed by atoms with Gasteiger partial charge in [0.05, 0.1) is 7.11 Å². The van der Waals surface area contributed by atoms with Crippen LogP contribution in [-0.2, 0) is 9.59 Å². The zero-order valence-electron chi connectivity index (χ0n) is 22.7. The molecule has 6 N–H and O–H groups in total. The first-order valence-corrected chi connectivity index (χ1v) is 13.9. The number of nitrogens with zero attached hydrogens (tertiary/aromatic N) is 1. The Bertz CT molecular complexity index is 1540. The Kier molecular flexibility index (Phi) is 9.48. The number of carboxylic acids is 2. The molecule has 0 radical (unpaired) electrons. The Morgan fingerprint density at radius 2 is 1.80 bits per heavy atom. The molecule has 0 unspecified atom stereocenters. The van der Waals surface area contributed by atoms with E-state index in [0.29, 0.717) is 29.9 Å². The summed E-state index contributed by atoms with van der Waals surface area (Å²) in [6.07, 6.45) is 1.50. The predicted octanol–water partition coefficient (Wildman–Crippen LogP) is 3.65. The number of hydrogen-bond acceptors (Lipinski definition) is 8. The minimum absolute atomic E-state index is 0.180. The van der Waals surface area contributed by atoms with Gasteiger partial charge >= 0.3 is 11.9 Å². The molecule has 0 saturated carbocycles. The average molecular weight is 584 g/mol. The maximum Gasteiger partial charge on any atom is 0.414 e. The van der Waals surface area contributed by atoms with Crippen LogP contribution in [0.15, 0.2) is 48.5 Å². The zero-order chi connectivity index (χ0) is 29.7. The van der Waals surface area contributed by atoms with Crippen LogP contribution in [0.1, 0.15) is 41.0 Å². The van der Waals surface area contributed by atoms with Crippen molar-refractivity contribution in [1.82, 2.24) is 9.88 Å². The Balaban J connectivity index is 0.000000585. The average Bonchev–Trinajstić information content (AvgIpc) is 3.58. The number of methoxy groups -OCH3 is 1. The monoisotopic (exact) mass is 583 g/mol. The number of carboxylic acid groups (broad SMARTS) is 2. The minimum Gasteiger partial charge on any atom is -0.496 e. The quantitative estimate of drug-likeness (QED) is 0.194. The number of aliphatic hydroxyl groups excluding tert-OH is 1. The lowest BCUT2D eigenvalue weighted by Gasteiger charge is -2.38. The molecule has 12 heteroatoms. The fourth-order valence-corrected chi connectivity index (χ4v) is 6.31. The second-order valence-electron chi connectivity index (χ2n) is 9.93. The first-order chi connectivity index (χ1) is 19.6. The van der Waals surface area contributed by atoms with Crippen molar-refractivity contribution in [1.29, 1.82) is 0 Å². The van der Waals surface area contributed by atoms with Gasteiger partial charge in [0.1, 0.15) is 29.9 Å². The number of thiophene rings is 1. The molecule has 4 aromatic rings. The second-order valence-corrected chi connectivity index (χ2v) is 11.0. The summed E-state index contributed by atoms with van der Waals surface area (Å²) in [7, 11) is 1.72. The van der Waals surface area contributed by atoms with Gasteiger partial charge in [-0.2, -0.15) is 0 Å². The van der Waals surface area contributed by atoms with Crippen LogP contribution in [-0.4, -0.2) is 82.0 Å². The van der Waals surface area contributed by atoms with Crippen LogP contribution in [0, 0.1) is 0 Å². The number of likely N-dealkylation sites (tertiary alicyclic amines) is 1. The number of H-pyrrole nitrogens is 1. The molecular formula is C29H33N3O8S. The van der Waals surface area contributed by atoms with Crippen LogP contribution in [0.5, 0.6) is 11.5 Å². The van der Waals surface area contributed by atoms with Gasteiger partial charge < -0.3 is 35.5 Å². The maximum absolute atomic E-state index is 11.5. The minimum atomic E-state index is -1.82. The van der Waals surface area contributed by atoms with Gasteiger partial charge in [-0.1, -0.05) is 12.1 Å². The Hall–Kier alpha value is -4.13. The lowest BCUT2D eigenvalue weighted by Crippen LogP contribution is -2.45. The number of amides is 1. The van der Waals surface area contributed by atoms with Gasteiger partial charge in [0.15, 0.2) is 0 Å². The number of aliphatic carboxylic acids is 2.